The van der Waals surface area contributed by atoms with Crippen molar-refractivity contribution in [1.82, 2.24) is 4.90 Å². The Hall–Kier alpha value is -1.66. The number of nitrogens with two attached hydrogens (primary N) is 1. The fourth-order valence-corrected chi connectivity index (χ4v) is 3.07. The Kier molecular flexibility index (Phi) is 6.32. The van der Waals surface area contributed by atoms with Gasteiger partial charge in [0.1, 0.15) is 0 Å². The van der Waals surface area contributed by atoms with Crippen LogP contribution < -0.4 is 5.73 Å². The number of halogens is 1. The third-order valence-electron chi connectivity index (χ3n) is 4.35. The van der Waals surface area contributed by atoms with Crippen LogP contribution in [0.15, 0.2) is 18.2 Å². The summed E-state index contributed by atoms with van der Waals surface area (Å²) in [6.07, 6.45) is 2.00. The van der Waals surface area contributed by atoms with Gasteiger partial charge in [-0.3, -0.25) is 14.9 Å². The van der Waals surface area contributed by atoms with Gasteiger partial charge in [-0.25, -0.2) is 0 Å². The molecule has 1 amide bonds. The van der Waals surface area contributed by atoms with E-state index in [1.165, 1.54) is 6.07 Å². The maximum absolute atomic E-state index is 12.8. The van der Waals surface area contributed by atoms with Crippen molar-refractivity contribution >= 4 is 24.0 Å². The Morgan fingerprint density at radius 2 is 2.18 bits per heavy atom. The van der Waals surface area contributed by atoms with Crippen molar-refractivity contribution in [3.05, 3.63) is 39.4 Å². The standard InChI is InChI=1S/C15H21N3O3.ClH/c1-10-5-4-8-17(14(10)9-16)15(19)12-6-3-7-13(11(12)2)18(20)21;/h3,6-7,10,14H,4-5,8-9,16H2,1-2H3;1H. The maximum Gasteiger partial charge on any atom is 0.273 e. The van der Waals surface area contributed by atoms with E-state index in [2.05, 4.69) is 6.92 Å². The number of nitro groups is 1. The minimum atomic E-state index is -0.453. The highest BCUT2D eigenvalue weighted by Gasteiger charge is 2.32. The van der Waals surface area contributed by atoms with Gasteiger partial charge in [-0.2, -0.15) is 0 Å². The molecule has 1 heterocycles. The minimum absolute atomic E-state index is 0. The van der Waals surface area contributed by atoms with Crippen molar-refractivity contribution in [2.75, 3.05) is 13.1 Å². The lowest BCUT2D eigenvalue weighted by atomic mass is 9.90. The van der Waals surface area contributed by atoms with Crippen LogP contribution in [0.4, 0.5) is 5.69 Å². The lowest BCUT2D eigenvalue weighted by molar-refractivity contribution is -0.385. The van der Waals surface area contributed by atoms with Gasteiger partial charge in [0.15, 0.2) is 0 Å². The van der Waals surface area contributed by atoms with Crippen molar-refractivity contribution in [3.8, 4) is 0 Å². The molecule has 2 atom stereocenters. The molecule has 1 aliphatic rings. The molecule has 7 heteroatoms. The normalized spacial score (nSPS) is 21.1. The average molecular weight is 328 g/mol. The number of piperidine rings is 1. The second kappa shape index (κ2) is 7.56. The number of nitro benzene ring substituents is 1. The molecule has 0 bridgehead atoms. The SMILES string of the molecule is Cc1c(C(=O)N2CCCC(C)C2CN)cccc1[N+](=O)[O-].Cl. The van der Waals surface area contributed by atoms with Gasteiger partial charge in [-0.05, 0) is 31.7 Å². The second-order valence-electron chi connectivity index (χ2n) is 5.63. The van der Waals surface area contributed by atoms with E-state index in [0.717, 1.165) is 12.8 Å². The average Bonchev–Trinajstić information content (AvgIpc) is 2.46. The molecule has 0 radical (unpaired) electrons. The molecule has 2 rings (SSSR count). The Balaban J connectivity index is 0.00000242. The molecule has 2 unspecified atom stereocenters. The topological polar surface area (TPSA) is 89.5 Å². The summed E-state index contributed by atoms with van der Waals surface area (Å²) in [5, 5.41) is 11.0. The molecule has 2 N–H and O–H groups in total. The van der Waals surface area contributed by atoms with Crippen LogP contribution in [-0.4, -0.2) is 34.9 Å². The summed E-state index contributed by atoms with van der Waals surface area (Å²) in [7, 11) is 0. The zero-order valence-electron chi connectivity index (χ0n) is 12.8. The number of hydrogen-bond donors (Lipinski definition) is 1. The van der Waals surface area contributed by atoms with E-state index in [9.17, 15) is 14.9 Å². The maximum atomic E-state index is 12.8. The molecule has 1 fully saturated rings. The van der Waals surface area contributed by atoms with E-state index in [0.29, 0.717) is 30.1 Å². The number of amides is 1. The summed E-state index contributed by atoms with van der Waals surface area (Å²) in [5.74, 6) is 0.199. The van der Waals surface area contributed by atoms with Gasteiger partial charge in [-0.15, -0.1) is 12.4 Å². The van der Waals surface area contributed by atoms with Crippen LogP contribution in [0, 0.1) is 23.0 Å². The van der Waals surface area contributed by atoms with Crippen molar-refractivity contribution in [3.63, 3.8) is 0 Å². The number of rotatable bonds is 3. The highest BCUT2D eigenvalue weighted by Crippen LogP contribution is 2.27. The first kappa shape index (κ1) is 18.4. The van der Waals surface area contributed by atoms with Gasteiger partial charge in [0.25, 0.3) is 11.6 Å². The van der Waals surface area contributed by atoms with Crippen LogP contribution in [0.5, 0.6) is 0 Å². The molecule has 0 aliphatic carbocycles. The molecule has 1 aromatic rings. The van der Waals surface area contributed by atoms with Crippen molar-refractivity contribution in [2.45, 2.75) is 32.7 Å². The number of hydrogen-bond acceptors (Lipinski definition) is 4. The molecule has 22 heavy (non-hydrogen) atoms. The van der Waals surface area contributed by atoms with Gasteiger partial charge in [-0.1, -0.05) is 13.0 Å². The van der Waals surface area contributed by atoms with E-state index < -0.39 is 4.92 Å². The van der Waals surface area contributed by atoms with Gasteiger partial charge in [0, 0.05) is 36.3 Å². The quantitative estimate of drug-likeness (QED) is 0.682. The predicted octanol–water partition coefficient (Wildman–Crippen LogP) is 2.52. The molecular formula is C15H22ClN3O3. The summed E-state index contributed by atoms with van der Waals surface area (Å²) in [5.41, 5.74) is 6.61. The largest absolute Gasteiger partial charge is 0.334 e. The Morgan fingerprint density at radius 1 is 1.50 bits per heavy atom. The fourth-order valence-electron chi connectivity index (χ4n) is 3.07. The van der Waals surface area contributed by atoms with Crippen LogP contribution in [0.25, 0.3) is 0 Å². The number of carbonyl (C=O) groups excluding carboxylic acids is 1. The molecule has 0 spiro atoms. The molecule has 122 valence electrons. The molecular weight excluding hydrogens is 306 g/mol. The minimum Gasteiger partial charge on any atom is -0.334 e. The monoisotopic (exact) mass is 327 g/mol. The molecule has 1 aromatic carbocycles. The van der Waals surface area contributed by atoms with E-state index in [1.807, 2.05) is 0 Å². The van der Waals surface area contributed by atoms with Crippen LogP contribution in [0.1, 0.15) is 35.7 Å². The van der Waals surface area contributed by atoms with Gasteiger partial charge >= 0.3 is 0 Å². The van der Waals surface area contributed by atoms with Crippen molar-refractivity contribution < 1.29 is 9.72 Å². The molecule has 1 saturated heterocycles. The Labute approximate surface area is 136 Å². The number of likely N-dealkylation sites (tertiary alicyclic amines) is 1. The number of nitrogens with zero attached hydrogens (tertiary/aromatic N) is 2. The van der Waals surface area contributed by atoms with E-state index in [-0.39, 0.29) is 30.0 Å². The molecule has 0 saturated carbocycles. The number of carbonyl (C=O) groups is 1. The first-order valence-electron chi connectivity index (χ1n) is 7.22. The van der Waals surface area contributed by atoms with Gasteiger partial charge in [0.2, 0.25) is 0 Å². The highest BCUT2D eigenvalue weighted by atomic mass is 35.5. The fraction of sp³-hybridized carbons (Fsp3) is 0.533. The third kappa shape index (κ3) is 3.39. The Bertz CT molecular complexity index is 565. The smallest absolute Gasteiger partial charge is 0.273 e. The van der Waals surface area contributed by atoms with E-state index in [1.54, 1.807) is 24.0 Å². The predicted molar refractivity (Wildman–Crippen MR) is 87.4 cm³/mol. The first-order valence-corrected chi connectivity index (χ1v) is 7.22. The first-order chi connectivity index (χ1) is 9.97. The lowest BCUT2D eigenvalue weighted by Crippen LogP contribution is -2.51. The number of benzene rings is 1. The lowest BCUT2D eigenvalue weighted by Gasteiger charge is -2.39. The summed E-state index contributed by atoms with van der Waals surface area (Å²) in [6, 6.07) is 4.64. The van der Waals surface area contributed by atoms with Gasteiger partial charge < -0.3 is 10.6 Å². The van der Waals surface area contributed by atoms with Crippen LogP contribution >= 0.6 is 12.4 Å². The summed E-state index contributed by atoms with van der Waals surface area (Å²) in [6.45, 7) is 4.79. The second-order valence-corrected chi connectivity index (χ2v) is 5.63. The highest BCUT2D eigenvalue weighted by molar-refractivity contribution is 5.96. The zero-order chi connectivity index (χ0) is 15.6. The molecule has 6 nitrogen and oxygen atoms in total. The zero-order valence-corrected chi connectivity index (χ0v) is 13.6. The van der Waals surface area contributed by atoms with E-state index in [4.69, 9.17) is 5.73 Å². The van der Waals surface area contributed by atoms with Gasteiger partial charge in [0.05, 0.1) is 4.92 Å². The van der Waals surface area contributed by atoms with Crippen LogP contribution in [-0.2, 0) is 0 Å². The molecule has 1 aliphatic heterocycles. The summed E-state index contributed by atoms with van der Waals surface area (Å²) < 4.78 is 0. The Morgan fingerprint density at radius 3 is 2.77 bits per heavy atom. The van der Waals surface area contributed by atoms with Crippen LogP contribution in [0.2, 0.25) is 0 Å². The van der Waals surface area contributed by atoms with Crippen molar-refractivity contribution in [2.24, 2.45) is 11.7 Å². The van der Waals surface area contributed by atoms with Crippen LogP contribution in [0.3, 0.4) is 0 Å². The summed E-state index contributed by atoms with van der Waals surface area (Å²) >= 11 is 0. The van der Waals surface area contributed by atoms with Crippen molar-refractivity contribution in [1.29, 1.82) is 0 Å². The molecule has 0 aromatic heterocycles. The summed E-state index contributed by atoms with van der Waals surface area (Å²) in [4.78, 5) is 25.1. The van der Waals surface area contributed by atoms with E-state index >= 15 is 0 Å². The third-order valence-corrected chi connectivity index (χ3v) is 4.35.